The van der Waals surface area contributed by atoms with Gasteiger partial charge in [-0.2, -0.15) is 4.31 Å². The minimum Gasteiger partial charge on any atom is -0.229 e. The smallest absolute Gasteiger partial charge is 0.229 e. The number of nitrogens with zero attached hydrogens (tertiary/aromatic N) is 1. The standard InChI is InChI=1S/C13H17NO4S2/c1-19(15,16)13-7-9-14(11-13)20(17,18)10-8-12-5-3-2-4-6-12/h2-6,8,10,13H,7,9,11H2,1H3. The quantitative estimate of drug-likeness (QED) is 0.834. The summed E-state index contributed by atoms with van der Waals surface area (Å²) >= 11 is 0. The predicted octanol–water partition coefficient (Wildman–Crippen LogP) is 1.11. The van der Waals surface area contributed by atoms with Gasteiger partial charge in [-0.05, 0) is 18.1 Å². The van der Waals surface area contributed by atoms with Gasteiger partial charge in [0, 0.05) is 24.8 Å². The zero-order chi connectivity index (χ0) is 14.8. The monoisotopic (exact) mass is 315 g/mol. The van der Waals surface area contributed by atoms with Crippen LogP contribution in [-0.4, -0.2) is 45.7 Å². The maximum atomic E-state index is 12.1. The molecule has 0 radical (unpaired) electrons. The summed E-state index contributed by atoms with van der Waals surface area (Å²) in [7, 11) is -6.76. The van der Waals surface area contributed by atoms with E-state index in [2.05, 4.69) is 0 Å². The zero-order valence-corrected chi connectivity index (χ0v) is 12.8. The molecule has 0 aromatic heterocycles. The van der Waals surface area contributed by atoms with Gasteiger partial charge in [0.1, 0.15) is 0 Å². The average Bonchev–Trinajstić information content (AvgIpc) is 2.88. The van der Waals surface area contributed by atoms with Crippen molar-refractivity contribution in [3.8, 4) is 0 Å². The van der Waals surface area contributed by atoms with E-state index in [0.29, 0.717) is 6.42 Å². The molecule has 1 fully saturated rings. The zero-order valence-electron chi connectivity index (χ0n) is 11.1. The van der Waals surface area contributed by atoms with Gasteiger partial charge >= 0.3 is 0 Å². The van der Waals surface area contributed by atoms with E-state index in [0.717, 1.165) is 17.2 Å². The summed E-state index contributed by atoms with van der Waals surface area (Å²) in [6.45, 7) is 0.291. The lowest BCUT2D eigenvalue weighted by Crippen LogP contribution is -2.30. The van der Waals surface area contributed by atoms with Gasteiger partial charge in [-0.25, -0.2) is 16.8 Å². The molecule has 2 rings (SSSR count). The number of benzene rings is 1. The van der Waals surface area contributed by atoms with Gasteiger partial charge in [-0.1, -0.05) is 30.3 Å². The van der Waals surface area contributed by atoms with Gasteiger partial charge in [0.05, 0.1) is 5.25 Å². The molecule has 0 N–H and O–H groups in total. The Kier molecular flexibility index (Phi) is 4.31. The van der Waals surface area contributed by atoms with E-state index in [-0.39, 0.29) is 13.1 Å². The Morgan fingerprint density at radius 3 is 2.35 bits per heavy atom. The van der Waals surface area contributed by atoms with Crippen LogP contribution in [-0.2, 0) is 19.9 Å². The van der Waals surface area contributed by atoms with Crippen molar-refractivity contribution in [2.75, 3.05) is 19.3 Å². The molecule has 1 aliphatic heterocycles. The second kappa shape index (κ2) is 5.67. The first-order valence-electron chi connectivity index (χ1n) is 6.21. The number of sulfonamides is 1. The second-order valence-electron chi connectivity index (χ2n) is 4.86. The Morgan fingerprint density at radius 1 is 1.15 bits per heavy atom. The fourth-order valence-electron chi connectivity index (χ4n) is 2.09. The van der Waals surface area contributed by atoms with Crippen molar-refractivity contribution in [3.05, 3.63) is 41.3 Å². The van der Waals surface area contributed by atoms with Gasteiger partial charge in [0.2, 0.25) is 10.0 Å². The van der Waals surface area contributed by atoms with Crippen molar-refractivity contribution >= 4 is 25.9 Å². The lowest BCUT2D eigenvalue weighted by Gasteiger charge is -2.13. The molecule has 7 heteroatoms. The van der Waals surface area contributed by atoms with Crippen LogP contribution in [0.3, 0.4) is 0 Å². The Morgan fingerprint density at radius 2 is 1.80 bits per heavy atom. The van der Waals surface area contributed by atoms with Crippen LogP contribution >= 0.6 is 0 Å². The van der Waals surface area contributed by atoms with E-state index in [1.54, 1.807) is 12.1 Å². The molecule has 1 atom stereocenters. The van der Waals surface area contributed by atoms with Crippen LogP contribution in [0, 0.1) is 0 Å². The summed E-state index contributed by atoms with van der Waals surface area (Å²) in [5.41, 5.74) is 0.787. The molecule has 20 heavy (non-hydrogen) atoms. The van der Waals surface area contributed by atoms with E-state index in [1.165, 1.54) is 10.4 Å². The molecule has 0 aliphatic carbocycles. The average molecular weight is 315 g/mol. The Bertz CT molecular complexity index is 693. The SMILES string of the molecule is CS(=O)(=O)C1CCN(S(=O)(=O)C=Cc2ccccc2)C1. The first-order chi connectivity index (χ1) is 9.29. The van der Waals surface area contributed by atoms with Gasteiger partial charge in [-0.15, -0.1) is 0 Å². The topological polar surface area (TPSA) is 71.5 Å². The fourth-order valence-corrected chi connectivity index (χ4v) is 4.42. The van der Waals surface area contributed by atoms with Crippen molar-refractivity contribution in [2.45, 2.75) is 11.7 Å². The summed E-state index contributed by atoms with van der Waals surface area (Å²) < 4.78 is 48.4. The maximum Gasteiger partial charge on any atom is 0.236 e. The highest BCUT2D eigenvalue weighted by atomic mass is 32.2. The Hall–Kier alpha value is -1.18. The first-order valence-corrected chi connectivity index (χ1v) is 9.67. The highest BCUT2D eigenvalue weighted by molar-refractivity contribution is 7.92. The van der Waals surface area contributed by atoms with E-state index in [9.17, 15) is 16.8 Å². The maximum absolute atomic E-state index is 12.1. The van der Waals surface area contributed by atoms with Crippen LogP contribution in [0.5, 0.6) is 0 Å². The predicted molar refractivity (Wildman–Crippen MR) is 79.2 cm³/mol. The Labute approximate surface area is 119 Å². The van der Waals surface area contributed by atoms with E-state index in [4.69, 9.17) is 0 Å². The normalized spacial score (nSPS) is 21.6. The molecular weight excluding hydrogens is 298 g/mol. The molecule has 1 aliphatic rings. The molecule has 0 bridgehead atoms. The van der Waals surface area contributed by atoms with Crippen LogP contribution in [0.25, 0.3) is 6.08 Å². The Balaban J connectivity index is 2.11. The van der Waals surface area contributed by atoms with Crippen LogP contribution in [0.4, 0.5) is 0 Å². The number of hydrogen-bond acceptors (Lipinski definition) is 4. The third-order valence-corrected chi connectivity index (χ3v) is 6.43. The van der Waals surface area contributed by atoms with E-state index < -0.39 is 25.1 Å². The highest BCUT2D eigenvalue weighted by Gasteiger charge is 2.35. The summed E-state index contributed by atoms with van der Waals surface area (Å²) in [4.78, 5) is 0. The third-order valence-electron chi connectivity index (χ3n) is 3.31. The van der Waals surface area contributed by atoms with Crippen LogP contribution < -0.4 is 0 Å². The molecule has 5 nitrogen and oxygen atoms in total. The molecule has 1 unspecified atom stereocenters. The molecule has 1 aromatic carbocycles. The molecule has 1 saturated heterocycles. The minimum atomic E-state index is -3.56. The third kappa shape index (κ3) is 3.68. The molecule has 110 valence electrons. The molecular formula is C13H17NO4S2. The van der Waals surface area contributed by atoms with Crippen LogP contribution in [0.2, 0.25) is 0 Å². The fraction of sp³-hybridized carbons (Fsp3) is 0.385. The van der Waals surface area contributed by atoms with Crippen LogP contribution in [0.1, 0.15) is 12.0 Å². The molecule has 1 heterocycles. The highest BCUT2D eigenvalue weighted by Crippen LogP contribution is 2.20. The summed E-state index contributed by atoms with van der Waals surface area (Å²) in [6, 6.07) is 9.09. The number of sulfone groups is 1. The molecule has 0 saturated carbocycles. The largest absolute Gasteiger partial charge is 0.236 e. The van der Waals surface area contributed by atoms with Crippen LogP contribution in [0.15, 0.2) is 35.7 Å². The molecule has 0 amide bonds. The number of rotatable bonds is 4. The first kappa shape index (κ1) is 15.2. The summed E-state index contributed by atoms with van der Waals surface area (Å²) in [5, 5.41) is 0.537. The molecule has 0 spiro atoms. The van der Waals surface area contributed by atoms with Crippen molar-refractivity contribution in [3.63, 3.8) is 0 Å². The van der Waals surface area contributed by atoms with Crippen molar-refractivity contribution in [2.24, 2.45) is 0 Å². The van der Waals surface area contributed by atoms with Crippen molar-refractivity contribution in [1.29, 1.82) is 0 Å². The lowest BCUT2D eigenvalue weighted by atomic mass is 10.2. The number of hydrogen-bond donors (Lipinski definition) is 0. The van der Waals surface area contributed by atoms with Gasteiger partial charge in [0.25, 0.3) is 0 Å². The van der Waals surface area contributed by atoms with Gasteiger partial charge in [-0.3, -0.25) is 0 Å². The van der Waals surface area contributed by atoms with Crippen molar-refractivity contribution < 1.29 is 16.8 Å². The summed E-state index contributed by atoms with van der Waals surface area (Å²) in [5.74, 6) is 0. The minimum absolute atomic E-state index is 0.0420. The van der Waals surface area contributed by atoms with E-state index >= 15 is 0 Å². The van der Waals surface area contributed by atoms with E-state index in [1.807, 2.05) is 18.2 Å². The van der Waals surface area contributed by atoms with Crippen molar-refractivity contribution in [1.82, 2.24) is 4.31 Å². The summed E-state index contributed by atoms with van der Waals surface area (Å²) in [6.07, 6.45) is 3.02. The second-order valence-corrected chi connectivity index (χ2v) is 9.00. The lowest BCUT2D eigenvalue weighted by molar-refractivity contribution is 0.485. The van der Waals surface area contributed by atoms with Gasteiger partial charge in [0.15, 0.2) is 9.84 Å². The molecule has 1 aromatic rings. The van der Waals surface area contributed by atoms with Gasteiger partial charge < -0.3 is 0 Å².